The normalized spacial score (nSPS) is 11.2. The van der Waals surface area contributed by atoms with E-state index in [0.717, 1.165) is 0 Å². The Kier molecular flexibility index (Phi) is 6.71. The minimum Gasteiger partial charge on any atom is -0.546 e. The Morgan fingerprint density at radius 1 is 1.13 bits per heavy atom. The van der Waals surface area contributed by atoms with Crippen molar-refractivity contribution < 1.29 is 14.5 Å². The first-order valence-electron chi connectivity index (χ1n) is 8.91. The second-order valence-electron chi connectivity index (χ2n) is 6.83. The van der Waals surface area contributed by atoms with Crippen LogP contribution in [0.4, 0.5) is 23.0 Å². The van der Waals surface area contributed by atoms with Gasteiger partial charge in [0.05, 0.1) is 27.0 Å². The molecule has 2 aromatic carbocycles. The number of amides is 1. The molecule has 3 aromatic rings. The van der Waals surface area contributed by atoms with Crippen LogP contribution in [0.1, 0.15) is 22.8 Å². The number of carbonyl (C=O) groups excluding carboxylic acids is 1. The highest BCUT2D eigenvalue weighted by Crippen LogP contribution is 2.39. The SMILES string of the molecule is C=C(C)c1ccc(Nc2n[s+]([O-])nc2Nc2cccc(Cl)c2Cl)c(O)c1C(=O)N(C)C. The highest BCUT2D eigenvalue weighted by molar-refractivity contribution is 7.14. The summed E-state index contributed by atoms with van der Waals surface area (Å²) in [7, 11) is 3.16. The molecule has 8 nitrogen and oxygen atoms in total. The van der Waals surface area contributed by atoms with Gasteiger partial charge in [-0.2, -0.15) is 0 Å². The summed E-state index contributed by atoms with van der Waals surface area (Å²) in [5, 5.41) is 17.2. The molecule has 0 saturated heterocycles. The van der Waals surface area contributed by atoms with Crippen LogP contribution in [0.15, 0.2) is 36.9 Å². The van der Waals surface area contributed by atoms with Gasteiger partial charge >= 0.3 is 0 Å². The molecule has 0 aliphatic heterocycles. The first-order chi connectivity index (χ1) is 14.6. The standard InChI is InChI=1S/C20H19Cl2N5O3S/c1-10(2)11-8-9-14(17(28)15(11)20(29)27(3)4)24-19-18(25-31(30)26-19)23-13-7-5-6-12(21)16(13)22/h5-9,28H,1H2,2-4H3,(H,23,25)(H,24,26). The maximum atomic E-state index is 12.7. The minimum absolute atomic E-state index is 0.0894. The fourth-order valence-corrected chi connectivity index (χ4v) is 3.74. The number of nitrogens with one attached hydrogen (secondary N) is 2. The minimum atomic E-state index is -1.88. The zero-order chi connectivity index (χ0) is 22.9. The number of anilines is 4. The molecule has 0 fully saturated rings. The number of aromatic hydroxyl groups is 1. The van der Waals surface area contributed by atoms with E-state index in [2.05, 4.69) is 26.0 Å². The second-order valence-corrected chi connectivity index (χ2v) is 8.44. The number of benzene rings is 2. The van der Waals surface area contributed by atoms with E-state index in [1.54, 1.807) is 51.4 Å². The van der Waals surface area contributed by atoms with Crippen LogP contribution < -0.4 is 10.6 Å². The fourth-order valence-electron chi connectivity index (χ4n) is 2.77. The second kappa shape index (κ2) is 9.11. The average molecular weight is 480 g/mol. The first-order valence-corrected chi connectivity index (χ1v) is 10.7. The van der Waals surface area contributed by atoms with E-state index in [-0.39, 0.29) is 33.7 Å². The van der Waals surface area contributed by atoms with Gasteiger partial charge in [-0.25, -0.2) is 0 Å². The summed E-state index contributed by atoms with van der Waals surface area (Å²) in [6.07, 6.45) is 0. The van der Waals surface area contributed by atoms with Crippen molar-refractivity contribution in [3.8, 4) is 5.75 Å². The average Bonchev–Trinajstić information content (AvgIpc) is 3.04. The zero-order valence-corrected chi connectivity index (χ0v) is 19.2. The van der Waals surface area contributed by atoms with Gasteiger partial charge in [0.25, 0.3) is 5.91 Å². The summed E-state index contributed by atoms with van der Waals surface area (Å²) in [5.41, 5.74) is 1.83. The van der Waals surface area contributed by atoms with Gasteiger partial charge in [-0.05, 0) is 30.7 Å². The van der Waals surface area contributed by atoms with E-state index in [1.165, 1.54) is 4.90 Å². The number of hydrogen-bond donors (Lipinski definition) is 3. The summed E-state index contributed by atoms with van der Waals surface area (Å²) in [6.45, 7) is 5.61. The molecular formula is C20H19Cl2N5O3S. The molecule has 1 unspecified atom stereocenters. The van der Waals surface area contributed by atoms with Gasteiger partial charge in [-0.3, -0.25) is 4.79 Å². The Balaban J connectivity index is 2.02. The molecule has 0 spiro atoms. The van der Waals surface area contributed by atoms with E-state index in [4.69, 9.17) is 23.2 Å². The largest absolute Gasteiger partial charge is 0.546 e. The molecule has 11 heteroatoms. The van der Waals surface area contributed by atoms with E-state index in [9.17, 15) is 14.5 Å². The van der Waals surface area contributed by atoms with Crippen molar-refractivity contribution in [3.63, 3.8) is 0 Å². The van der Waals surface area contributed by atoms with Crippen LogP contribution >= 0.6 is 34.3 Å². The number of phenolic OH excluding ortho intramolecular Hbond substituents is 1. The molecule has 0 aliphatic rings. The third-order valence-corrected chi connectivity index (χ3v) is 5.77. The number of rotatable bonds is 6. The van der Waals surface area contributed by atoms with Crippen LogP contribution in [0.5, 0.6) is 5.75 Å². The van der Waals surface area contributed by atoms with Gasteiger partial charge in [0.1, 0.15) is 0 Å². The third-order valence-electron chi connectivity index (χ3n) is 4.28. The smallest absolute Gasteiger partial charge is 0.257 e. The van der Waals surface area contributed by atoms with Crippen molar-refractivity contribution in [1.29, 1.82) is 0 Å². The summed E-state index contributed by atoms with van der Waals surface area (Å²) in [4.78, 5) is 14.0. The highest BCUT2D eigenvalue weighted by atomic mass is 35.5. The monoisotopic (exact) mass is 479 g/mol. The van der Waals surface area contributed by atoms with Crippen molar-refractivity contribution in [2.24, 2.45) is 0 Å². The molecule has 1 heterocycles. The van der Waals surface area contributed by atoms with Crippen molar-refractivity contribution >= 4 is 68.8 Å². The van der Waals surface area contributed by atoms with Gasteiger partial charge in [-0.15, -0.1) is 0 Å². The molecule has 1 aromatic heterocycles. The third kappa shape index (κ3) is 4.75. The van der Waals surface area contributed by atoms with Crippen LogP contribution in [-0.2, 0) is 0 Å². The summed E-state index contributed by atoms with van der Waals surface area (Å²) in [6, 6.07) is 8.21. The van der Waals surface area contributed by atoms with Crippen LogP contribution in [-0.4, -0.2) is 43.3 Å². The van der Waals surface area contributed by atoms with E-state index < -0.39 is 17.0 Å². The number of hydrogen-bond acceptors (Lipinski definition) is 7. The Bertz CT molecular complexity index is 1180. The summed E-state index contributed by atoms with van der Waals surface area (Å²) in [5.74, 6) is -0.462. The molecule has 1 atom stereocenters. The molecule has 0 saturated carbocycles. The lowest BCUT2D eigenvalue weighted by Gasteiger charge is -2.18. The zero-order valence-electron chi connectivity index (χ0n) is 16.9. The molecule has 0 radical (unpaired) electrons. The lowest BCUT2D eigenvalue weighted by atomic mass is 9.98. The Labute approximate surface area is 192 Å². The maximum absolute atomic E-state index is 12.7. The van der Waals surface area contributed by atoms with Crippen molar-refractivity contribution in [3.05, 3.63) is 58.1 Å². The molecule has 31 heavy (non-hydrogen) atoms. The lowest BCUT2D eigenvalue weighted by Crippen LogP contribution is -2.23. The number of allylic oxidation sites excluding steroid dienone is 1. The number of carbonyl (C=O) groups is 1. The lowest BCUT2D eigenvalue weighted by molar-refractivity contribution is 0.0824. The number of phenols is 1. The van der Waals surface area contributed by atoms with E-state index >= 15 is 0 Å². The Morgan fingerprint density at radius 2 is 1.74 bits per heavy atom. The molecule has 1 amide bonds. The van der Waals surface area contributed by atoms with Crippen molar-refractivity contribution in [1.82, 2.24) is 13.6 Å². The van der Waals surface area contributed by atoms with Crippen molar-refractivity contribution in [2.45, 2.75) is 6.92 Å². The molecule has 162 valence electrons. The number of halogens is 2. The van der Waals surface area contributed by atoms with Crippen molar-refractivity contribution in [2.75, 3.05) is 24.7 Å². The van der Waals surface area contributed by atoms with Crippen LogP contribution in [0.2, 0.25) is 10.0 Å². The summed E-state index contributed by atoms with van der Waals surface area (Å²) >= 11 is 10.4. The highest BCUT2D eigenvalue weighted by Gasteiger charge is 2.24. The number of aromatic nitrogens is 2. The summed E-state index contributed by atoms with van der Waals surface area (Å²) < 4.78 is 19.8. The molecule has 3 N–H and O–H groups in total. The molecular weight excluding hydrogens is 461 g/mol. The Morgan fingerprint density at radius 3 is 2.32 bits per heavy atom. The van der Waals surface area contributed by atoms with Gasteiger partial charge in [0.15, 0.2) is 16.9 Å². The van der Waals surface area contributed by atoms with Gasteiger partial charge < -0.3 is 25.2 Å². The number of nitrogens with zero attached hydrogens (tertiary/aromatic N) is 3. The van der Waals surface area contributed by atoms with Gasteiger partial charge in [0, 0.05) is 22.8 Å². The van der Waals surface area contributed by atoms with Crippen LogP contribution in [0, 0.1) is 0 Å². The van der Waals surface area contributed by atoms with E-state index in [1.807, 2.05) is 0 Å². The van der Waals surface area contributed by atoms with Gasteiger partial charge in [-0.1, -0.05) is 47.5 Å². The fraction of sp³-hybridized carbons (Fsp3) is 0.150. The first kappa shape index (κ1) is 22.8. The predicted octanol–water partition coefficient (Wildman–Crippen LogP) is 5.44. The molecule has 0 aliphatic carbocycles. The topological polar surface area (TPSA) is 113 Å². The van der Waals surface area contributed by atoms with Crippen LogP contribution in [0.3, 0.4) is 0 Å². The van der Waals surface area contributed by atoms with Gasteiger partial charge in [0.2, 0.25) is 11.6 Å². The molecule has 0 bridgehead atoms. The predicted molar refractivity (Wildman–Crippen MR) is 125 cm³/mol. The van der Waals surface area contributed by atoms with Crippen LogP contribution in [0.25, 0.3) is 5.57 Å². The quantitative estimate of drug-likeness (QED) is 0.318. The molecule has 3 rings (SSSR count). The maximum Gasteiger partial charge on any atom is 0.257 e. The Hall–Kier alpha value is -2.85. The van der Waals surface area contributed by atoms with E-state index in [0.29, 0.717) is 21.8 Å².